The Morgan fingerprint density at radius 3 is 2.47 bits per heavy atom. The predicted octanol–water partition coefficient (Wildman–Crippen LogP) is 3.02. The van der Waals surface area contributed by atoms with E-state index in [1.807, 2.05) is 13.8 Å². The van der Waals surface area contributed by atoms with Gasteiger partial charge in [0, 0.05) is 11.6 Å². The van der Waals surface area contributed by atoms with Crippen LogP contribution in [0.1, 0.15) is 19.4 Å². The van der Waals surface area contributed by atoms with E-state index < -0.39 is 11.6 Å². The molecule has 1 aromatic carbocycles. The third-order valence-corrected chi connectivity index (χ3v) is 1.83. The lowest BCUT2D eigenvalue weighted by atomic mass is 10.2. The third-order valence-electron chi connectivity index (χ3n) is 1.83. The molecule has 0 amide bonds. The van der Waals surface area contributed by atoms with Crippen LogP contribution in [0.25, 0.3) is 11.1 Å². The summed E-state index contributed by atoms with van der Waals surface area (Å²) in [5.74, 6) is -1.44. The normalized spacial score (nSPS) is 9.93. The predicted molar refractivity (Wildman–Crippen MR) is 54.4 cm³/mol. The maximum atomic E-state index is 13.0. The molecule has 1 heterocycles. The molecule has 0 aliphatic carbocycles. The van der Waals surface area contributed by atoms with Gasteiger partial charge in [0.2, 0.25) is 0 Å². The maximum Gasteiger partial charge on any atom is 0.293 e. The van der Waals surface area contributed by atoms with E-state index in [-0.39, 0.29) is 22.7 Å². The van der Waals surface area contributed by atoms with Crippen LogP contribution in [0.3, 0.4) is 0 Å². The van der Waals surface area contributed by atoms with Crippen LogP contribution in [0, 0.1) is 18.6 Å². The molecule has 0 aliphatic rings. The molecule has 0 bridgehead atoms. The summed E-state index contributed by atoms with van der Waals surface area (Å²) in [4.78, 5) is 3.67. The van der Waals surface area contributed by atoms with Crippen LogP contribution in [0.4, 0.5) is 14.8 Å². The van der Waals surface area contributed by atoms with Crippen LogP contribution in [0.15, 0.2) is 10.5 Å². The molecule has 0 saturated carbocycles. The third kappa shape index (κ3) is 1.91. The van der Waals surface area contributed by atoms with Gasteiger partial charge in [0.05, 0.1) is 0 Å². The molecule has 0 aliphatic heterocycles. The van der Waals surface area contributed by atoms with Gasteiger partial charge in [0.25, 0.3) is 6.01 Å². The smallest absolute Gasteiger partial charge is 0.293 e. The van der Waals surface area contributed by atoms with Crippen LogP contribution in [0.5, 0.6) is 0 Å². The molecule has 0 unspecified atom stereocenters. The molecule has 0 saturated heterocycles. The van der Waals surface area contributed by atoms with Crippen molar-refractivity contribution in [3.63, 3.8) is 0 Å². The van der Waals surface area contributed by atoms with E-state index in [2.05, 4.69) is 4.98 Å². The van der Waals surface area contributed by atoms with Crippen molar-refractivity contribution in [2.45, 2.75) is 20.8 Å². The molecule has 2 N–H and O–H groups in total. The second-order valence-electron chi connectivity index (χ2n) is 2.70. The fraction of sp³-hybridized carbons (Fsp3) is 0.300. The summed E-state index contributed by atoms with van der Waals surface area (Å²) >= 11 is 0. The van der Waals surface area contributed by atoms with Crippen molar-refractivity contribution < 1.29 is 13.2 Å². The lowest BCUT2D eigenvalue weighted by molar-refractivity contribution is 0.550. The average molecular weight is 214 g/mol. The van der Waals surface area contributed by atoms with Crippen molar-refractivity contribution in [2.24, 2.45) is 0 Å². The molecule has 3 nitrogen and oxygen atoms in total. The quantitative estimate of drug-likeness (QED) is 0.733. The monoisotopic (exact) mass is 214 g/mol. The van der Waals surface area contributed by atoms with Crippen LogP contribution >= 0.6 is 0 Å². The van der Waals surface area contributed by atoms with Crippen molar-refractivity contribution in [3.05, 3.63) is 23.3 Å². The molecular formula is C10H12F2N2O. The van der Waals surface area contributed by atoms with Gasteiger partial charge in [-0.3, -0.25) is 0 Å². The van der Waals surface area contributed by atoms with E-state index in [9.17, 15) is 8.78 Å². The number of aryl methyl sites for hydroxylation is 1. The van der Waals surface area contributed by atoms with Crippen molar-refractivity contribution in [3.8, 4) is 0 Å². The first-order valence-corrected chi connectivity index (χ1v) is 4.60. The highest BCUT2D eigenvalue weighted by Crippen LogP contribution is 2.25. The first kappa shape index (κ1) is 11.4. The zero-order valence-corrected chi connectivity index (χ0v) is 8.77. The first-order valence-electron chi connectivity index (χ1n) is 4.60. The largest absolute Gasteiger partial charge is 0.421 e. The van der Waals surface area contributed by atoms with E-state index >= 15 is 0 Å². The van der Waals surface area contributed by atoms with Gasteiger partial charge in [-0.15, -0.1) is 0 Å². The Labute approximate surface area is 85.9 Å². The summed E-state index contributed by atoms with van der Waals surface area (Å²) in [6.07, 6.45) is 0. The second-order valence-corrected chi connectivity index (χ2v) is 2.70. The molecule has 0 fully saturated rings. The van der Waals surface area contributed by atoms with Crippen LogP contribution in [0.2, 0.25) is 0 Å². The number of nitrogens with zero attached hydrogens (tertiary/aromatic N) is 1. The fourth-order valence-corrected chi connectivity index (χ4v) is 1.15. The lowest BCUT2D eigenvalue weighted by Crippen LogP contribution is -1.87. The minimum atomic E-state index is -0.790. The topological polar surface area (TPSA) is 52.0 Å². The molecule has 2 rings (SSSR count). The standard InChI is InChI=1S/C8H6F2N2O.C2H6/c1-3-4(9)2-5(10)7-6(3)12-8(11)13-7;1-2/h2H,1H3,(H2,11,12);1-2H3. The Kier molecular flexibility index (Phi) is 3.24. The molecule has 1 aromatic heterocycles. The number of halogens is 2. The number of hydrogen-bond donors (Lipinski definition) is 1. The highest BCUT2D eigenvalue weighted by atomic mass is 19.1. The molecule has 82 valence electrons. The summed E-state index contributed by atoms with van der Waals surface area (Å²) < 4.78 is 30.7. The lowest BCUT2D eigenvalue weighted by Gasteiger charge is -1.95. The molecule has 15 heavy (non-hydrogen) atoms. The average Bonchev–Trinajstić information content (AvgIpc) is 2.61. The van der Waals surface area contributed by atoms with Gasteiger partial charge in [-0.05, 0) is 6.92 Å². The Balaban J connectivity index is 0.000000531. The SMILES string of the molecule is CC.Cc1c(F)cc(F)c2oc(N)nc12. The van der Waals surface area contributed by atoms with Gasteiger partial charge >= 0.3 is 0 Å². The van der Waals surface area contributed by atoms with Crippen molar-refractivity contribution in [2.75, 3.05) is 5.73 Å². The van der Waals surface area contributed by atoms with Gasteiger partial charge in [0.1, 0.15) is 11.3 Å². The summed E-state index contributed by atoms with van der Waals surface area (Å²) in [6, 6.07) is 0.588. The van der Waals surface area contributed by atoms with E-state index in [1.54, 1.807) is 0 Å². The van der Waals surface area contributed by atoms with Crippen molar-refractivity contribution in [1.82, 2.24) is 4.98 Å². The zero-order chi connectivity index (χ0) is 11.6. The van der Waals surface area contributed by atoms with Gasteiger partial charge < -0.3 is 10.2 Å². The highest BCUT2D eigenvalue weighted by molar-refractivity contribution is 5.78. The van der Waals surface area contributed by atoms with E-state index in [4.69, 9.17) is 10.2 Å². The number of rotatable bonds is 0. The van der Waals surface area contributed by atoms with Gasteiger partial charge in [-0.25, -0.2) is 8.78 Å². The number of oxazole rings is 1. The summed E-state index contributed by atoms with van der Waals surface area (Å²) in [7, 11) is 0. The molecular weight excluding hydrogens is 202 g/mol. The van der Waals surface area contributed by atoms with E-state index in [1.165, 1.54) is 6.92 Å². The van der Waals surface area contributed by atoms with Crippen molar-refractivity contribution in [1.29, 1.82) is 0 Å². The fourth-order valence-electron chi connectivity index (χ4n) is 1.15. The number of benzene rings is 1. The second kappa shape index (κ2) is 4.25. The number of fused-ring (bicyclic) bond motifs is 1. The molecule has 0 atom stereocenters. The van der Waals surface area contributed by atoms with Crippen LogP contribution in [-0.4, -0.2) is 4.98 Å². The Morgan fingerprint density at radius 1 is 1.27 bits per heavy atom. The summed E-state index contributed by atoms with van der Waals surface area (Å²) in [5.41, 5.74) is 5.48. The van der Waals surface area contributed by atoms with E-state index in [0.29, 0.717) is 0 Å². The van der Waals surface area contributed by atoms with Crippen LogP contribution in [-0.2, 0) is 0 Å². The minimum Gasteiger partial charge on any atom is -0.421 e. The first-order chi connectivity index (χ1) is 7.09. The van der Waals surface area contributed by atoms with Gasteiger partial charge in [0.15, 0.2) is 11.4 Å². The Hall–Kier alpha value is -1.65. The van der Waals surface area contributed by atoms with Gasteiger partial charge in [-0.2, -0.15) is 4.98 Å². The molecule has 0 spiro atoms. The van der Waals surface area contributed by atoms with Crippen LogP contribution < -0.4 is 5.73 Å². The molecule has 2 aromatic rings. The van der Waals surface area contributed by atoms with E-state index in [0.717, 1.165) is 6.07 Å². The number of nitrogens with two attached hydrogens (primary N) is 1. The molecule has 5 heteroatoms. The maximum absolute atomic E-state index is 13.0. The number of aromatic nitrogens is 1. The minimum absolute atomic E-state index is 0.101. The van der Waals surface area contributed by atoms with Crippen molar-refractivity contribution >= 4 is 17.1 Å². The summed E-state index contributed by atoms with van der Waals surface area (Å²) in [6.45, 7) is 5.49. The number of hydrogen-bond acceptors (Lipinski definition) is 3. The number of nitrogen functional groups attached to an aromatic ring is 1. The summed E-state index contributed by atoms with van der Waals surface area (Å²) in [5, 5.41) is 0. The zero-order valence-electron chi connectivity index (χ0n) is 8.77. The van der Waals surface area contributed by atoms with Gasteiger partial charge in [-0.1, -0.05) is 13.8 Å². The number of anilines is 1. The molecule has 0 radical (unpaired) electrons. The Morgan fingerprint density at radius 2 is 1.87 bits per heavy atom. The Bertz CT molecular complexity index is 480. The highest BCUT2D eigenvalue weighted by Gasteiger charge is 2.14.